The van der Waals surface area contributed by atoms with Crippen molar-refractivity contribution in [3.8, 4) is 17.0 Å². The Kier molecular flexibility index (Phi) is 7.09. The Hall–Kier alpha value is -2.87. The highest BCUT2D eigenvalue weighted by Gasteiger charge is 2.25. The molecule has 2 heterocycles. The number of halogens is 1. The van der Waals surface area contributed by atoms with Gasteiger partial charge in [-0.15, -0.1) is 0 Å². The van der Waals surface area contributed by atoms with Gasteiger partial charge in [0, 0.05) is 56.3 Å². The van der Waals surface area contributed by atoms with E-state index in [1.165, 1.54) is 0 Å². The summed E-state index contributed by atoms with van der Waals surface area (Å²) >= 11 is 5.92. The maximum Gasteiger partial charge on any atom is 0.228 e. The molecule has 7 nitrogen and oxygen atoms in total. The molecule has 4 rings (SSSR count). The molecule has 1 aliphatic heterocycles. The third-order valence-corrected chi connectivity index (χ3v) is 5.81. The van der Waals surface area contributed by atoms with Gasteiger partial charge in [0.25, 0.3) is 0 Å². The summed E-state index contributed by atoms with van der Waals surface area (Å²) in [5.41, 5.74) is 3.41. The fraction of sp³-hybridized carbons (Fsp3) is 0.333. The summed E-state index contributed by atoms with van der Waals surface area (Å²) in [6.45, 7) is 3.29. The molecular weight excluding hydrogens is 428 g/mol. The molecule has 3 aromatic rings. The van der Waals surface area contributed by atoms with E-state index < -0.39 is 0 Å². The van der Waals surface area contributed by atoms with Crippen LogP contribution in [0.5, 0.6) is 5.75 Å². The molecule has 32 heavy (non-hydrogen) atoms. The quantitative estimate of drug-likeness (QED) is 0.534. The smallest absolute Gasteiger partial charge is 0.228 e. The lowest BCUT2D eigenvalue weighted by Crippen LogP contribution is -2.52. The van der Waals surface area contributed by atoms with Gasteiger partial charge in [0.15, 0.2) is 0 Å². The summed E-state index contributed by atoms with van der Waals surface area (Å²) in [5, 5.41) is 7.91. The molecule has 0 bridgehead atoms. The molecule has 1 aromatic heterocycles. The number of aryl methyl sites for hydroxylation is 1. The van der Waals surface area contributed by atoms with Crippen LogP contribution in [0.25, 0.3) is 11.3 Å². The standard InChI is InChI=1S/C24H27ClN4O3/c1-28-22(9-10-26-28)21-14-19(27-24(30)13-17-3-5-18(25)6-4-17)7-8-23(21)32-12-11-29-15-20(16-29)31-2/h3-10,14,20H,11-13,15-16H2,1-2H3,(H,27,30). The van der Waals surface area contributed by atoms with Gasteiger partial charge in [0.2, 0.25) is 5.91 Å². The maximum atomic E-state index is 12.5. The first-order chi connectivity index (χ1) is 15.5. The van der Waals surface area contributed by atoms with Gasteiger partial charge in [-0.2, -0.15) is 5.10 Å². The number of benzene rings is 2. The molecule has 1 aliphatic rings. The van der Waals surface area contributed by atoms with Crippen molar-refractivity contribution in [1.82, 2.24) is 14.7 Å². The van der Waals surface area contributed by atoms with E-state index in [0.717, 1.165) is 42.2 Å². The molecule has 1 amide bonds. The minimum atomic E-state index is -0.0950. The number of hydrogen-bond donors (Lipinski definition) is 1. The minimum absolute atomic E-state index is 0.0950. The van der Waals surface area contributed by atoms with Gasteiger partial charge in [0.1, 0.15) is 12.4 Å². The molecule has 8 heteroatoms. The van der Waals surface area contributed by atoms with Crippen LogP contribution in [-0.2, 0) is 23.0 Å². The SMILES string of the molecule is COC1CN(CCOc2ccc(NC(=O)Cc3ccc(Cl)cc3)cc2-c2ccnn2C)C1. The number of likely N-dealkylation sites (tertiary alicyclic amines) is 1. The maximum absolute atomic E-state index is 12.5. The van der Waals surface area contributed by atoms with Gasteiger partial charge in [-0.1, -0.05) is 23.7 Å². The number of rotatable bonds is 9. The van der Waals surface area contributed by atoms with E-state index in [1.54, 1.807) is 30.1 Å². The van der Waals surface area contributed by atoms with Gasteiger partial charge >= 0.3 is 0 Å². The normalized spacial score (nSPS) is 14.2. The van der Waals surface area contributed by atoms with Crippen molar-refractivity contribution in [3.05, 3.63) is 65.3 Å². The average molecular weight is 455 g/mol. The molecule has 2 aromatic carbocycles. The van der Waals surface area contributed by atoms with Crippen molar-refractivity contribution in [2.24, 2.45) is 7.05 Å². The third-order valence-electron chi connectivity index (χ3n) is 5.56. The van der Waals surface area contributed by atoms with Crippen LogP contribution in [0.4, 0.5) is 5.69 Å². The summed E-state index contributed by atoms with van der Waals surface area (Å²) in [4.78, 5) is 14.8. The van der Waals surface area contributed by atoms with Crippen LogP contribution in [0.3, 0.4) is 0 Å². The number of ether oxygens (including phenoxy) is 2. The molecule has 0 radical (unpaired) electrons. The summed E-state index contributed by atoms with van der Waals surface area (Å²) in [7, 11) is 3.63. The summed E-state index contributed by atoms with van der Waals surface area (Å²) in [6.07, 6.45) is 2.35. The molecule has 1 N–H and O–H groups in total. The summed E-state index contributed by atoms with van der Waals surface area (Å²) < 4.78 is 13.2. The molecule has 0 atom stereocenters. The first-order valence-corrected chi connectivity index (χ1v) is 10.9. The Morgan fingerprint density at radius 3 is 2.66 bits per heavy atom. The fourth-order valence-corrected chi connectivity index (χ4v) is 3.83. The zero-order valence-corrected chi connectivity index (χ0v) is 19.0. The highest BCUT2D eigenvalue weighted by molar-refractivity contribution is 6.30. The summed E-state index contributed by atoms with van der Waals surface area (Å²) in [6, 6.07) is 14.9. The Morgan fingerprint density at radius 1 is 1.19 bits per heavy atom. The number of hydrogen-bond acceptors (Lipinski definition) is 5. The molecule has 0 spiro atoms. The van der Waals surface area contributed by atoms with Crippen LogP contribution < -0.4 is 10.1 Å². The second-order valence-corrected chi connectivity index (χ2v) is 8.30. The largest absolute Gasteiger partial charge is 0.492 e. The lowest BCUT2D eigenvalue weighted by atomic mass is 10.1. The van der Waals surface area contributed by atoms with Gasteiger partial charge in [0.05, 0.1) is 18.2 Å². The number of carbonyl (C=O) groups is 1. The lowest BCUT2D eigenvalue weighted by Gasteiger charge is -2.37. The van der Waals surface area contributed by atoms with Crippen molar-refractivity contribution in [2.45, 2.75) is 12.5 Å². The highest BCUT2D eigenvalue weighted by Crippen LogP contribution is 2.32. The lowest BCUT2D eigenvalue weighted by molar-refractivity contribution is -0.115. The van der Waals surface area contributed by atoms with Gasteiger partial charge in [-0.25, -0.2) is 0 Å². The van der Waals surface area contributed by atoms with Gasteiger partial charge < -0.3 is 14.8 Å². The second kappa shape index (κ2) is 10.2. The van der Waals surface area contributed by atoms with Crippen LogP contribution in [0.1, 0.15) is 5.56 Å². The molecule has 168 valence electrons. The van der Waals surface area contributed by atoms with E-state index in [4.69, 9.17) is 21.1 Å². The number of carbonyl (C=O) groups excluding carboxylic acids is 1. The molecule has 1 saturated heterocycles. The highest BCUT2D eigenvalue weighted by atomic mass is 35.5. The molecule has 0 unspecified atom stereocenters. The number of methoxy groups -OCH3 is 1. The first kappa shape index (κ1) is 22.3. The number of aromatic nitrogens is 2. The van der Waals surface area contributed by atoms with Crippen molar-refractivity contribution in [2.75, 3.05) is 38.7 Å². The number of nitrogens with one attached hydrogen (secondary N) is 1. The Bertz CT molecular complexity index is 1060. The number of nitrogens with zero attached hydrogens (tertiary/aromatic N) is 3. The van der Waals surface area contributed by atoms with Gasteiger partial charge in [-0.3, -0.25) is 14.4 Å². The predicted molar refractivity (Wildman–Crippen MR) is 125 cm³/mol. The van der Waals surface area contributed by atoms with E-state index in [0.29, 0.717) is 23.4 Å². The Labute approximate surface area is 192 Å². The number of anilines is 1. The molecule has 1 fully saturated rings. The second-order valence-electron chi connectivity index (χ2n) is 7.87. The molecule has 0 aliphatic carbocycles. The summed E-state index contributed by atoms with van der Waals surface area (Å²) in [5.74, 6) is 0.663. The van der Waals surface area contributed by atoms with Gasteiger partial charge in [-0.05, 0) is 42.0 Å². The number of amides is 1. The Morgan fingerprint density at radius 2 is 1.97 bits per heavy atom. The van der Waals surface area contributed by atoms with E-state index in [2.05, 4.69) is 15.3 Å². The van der Waals surface area contributed by atoms with Crippen molar-refractivity contribution in [3.63, 3.8) is 0 Å². The predicted octanol–water partition coefficient (Wildman–Crippen LogP) is 3.63. The van der Waals surface area contributed by atoms with E-state index in [-0.39, 0.29) is 12.3 Å². The van der Waals surface area contributed by atoms with E-state index >= 15 is 0 Å². The van der Waals surface area contributed by atoms with Crippen LogP contribution in [-0.4, -0.2) is 60.0 Å². The zero-order valence-electron chi connectivity index (χ0n) is 18.3. The van der Waals surface area contributed by atoms with Crippen molar-refractivity contribution < 1.29 is 14.3 Å². The minimum Gasteiger partial charge on any atom is -0.492 e. The van der Waals surface area contributed by atoms with E-state index in [1.807, 2.05) is 43.4 Å². The molecule has 0 saturated carbocycles. The Balaban J connectivity index is 1.44. The van der Waals surface area contributed by atoms with Crippen molar-refractivity contribution >= 4 is 23.2 Å². The monoisotopic (exact) mass is 454 g/mol. The van der Waals surface area contributed by atoms with Crippen LogP contribution in [0.2, 0.25) is 5.02 Å². The van der Waals surface area contributed by atoms with E-state index in [9.17, 15) is 4.79 Å². The zero-order chi connectivity index (χ0) is 22.5. The first-order valence-electron chi connectivity index (χ1n) is 10.6. The topological polar surface area (TPSA) is 68.6 Å². The van der Waals surface area contributed by atoms with Crippen LogP contribution in [0.15, 0.2) is 54.7 Å². The third kappa shape index (κ3) is 5.48. The molecular formula is C24H27ClN4O3. The van der Waals surface area contributed by atoms with Crippen molar-refractivity contribution in [1.29, 1.82) is 0 Å². The fourth-order valence-electron chi connectivity index (χ4n) is 3.70. The van der Waals surface area contributed by atoms with Crippen LogP contribution >= 0.6 is 11.6 Å². The average Bonchev–Trinajstić information content (AvgIpc) is 3.17. The van der Waals surface area contributed by atoms with Crippen LogP contribution in [0, 0.1) is 0 Å².